The van der Waals surface area contributed by atoms with Crippen LogP contribution in [0.3, 0.4) is 0 Å². The second-order valence-corrected chi connectivity index (χ2v) is 37.7. The van der Waals surface area contributed by atoms with Gasteiger partial charge in [-0.15, -0.1) is 0 Å². The van der Waals surface area contributed by atoms with E-state index >= 15 is 0 Å². The average molecular weight is 424 g/mol. The van der Waals surface area contributed by atoms with E-state index < -0.39 is 6.51 Å². The third-order valence-corrected chi connectivity index (χ3v) is 63.0. The quantitative estimate of drug-likeness (QED) is 0.505. The molecule has 10 heterocycles. The van der Waals surface area contributed by atoms with Gasteiger partial charge in [-0.2, -0.15) is 0 Å². The molecule has 4 atom stereocenters. The van der Waals surface area contributed by atoms with E-state index in [0.29, 0.717) is 0 Å². The predicted molar refractivity (Wildman–Crippen MR) is 115 cm³/mol. The third-order valence-electron chi connectivity index (χ3n) is 19.0. The van der Waals surface area contributed by atoms with Crippen LogP contribution in [-0.2, 0) is 19.4 Å². The molecular formula is C26H28FeN2. The average Bonchev–Trinajstić information content (AvgIpc) is 3.71. The molecule has 0 saturated carbocycles. The predicted octanol–water partition coefficient (Wildman–Crippen LogP) is 6.68. The summed E-state index contributed by atoms with van der Waals surface area (Å²) in [6.07, 6.45) is 2.91. The number of nitrogens with one attached hydrogen (secondary N) is 2. The van der Waals surface area contributed by atoms with Crippen molar-refractivity contribution in [3.63, 3.8) is 0 Å². The summed E-state index contributed by atoms with van der Waals surface area (Å²) >= 11 is 0. The second kappa shape index (κ2) is 1.62. The van der Waals surface area contributed by atoms with Crippen LogP contribution in [0.25, 0.3) is 0 Å². The summed E-state index contributed by atoms with van der Waals surface area (Å²) in [4.78, 5) is 10.8. The van der Waals surface area contributed by atoms with Gasteiger partial charge >= 0.3 is 162 Å². The van der Waals surface area contributed by atoms with Crippen molar-refractivity contribution >= 4 is 11.4 Å². The number of hydrogen-bond donors (Lipinski definition) is 2. The summed E-state index contributed by atoms with van der Waals surface area (Å²) in [5, 5.41) is 7.08. The normalized spacial score (nSPS) is 76.9. The molecule has 3 heteroatoms. The summed E-state index contributed by atoms with van der Waals surface area (Å²) in [5.41, 5.74) is 6.14. The number of para-hydroxylation sites is 2. The zero-order chi connectivity index (χ0) is 18.7. The minimum atomic E-state index is -3.37. The first-order valence-corrected chi connectivity index (χ1v) is 17.9. The Morgan fingerprint density at radius 3 is 1.41 bits per heavy atom. The maximum atomic E-state index is 3.54. The first-order valence-electron chi connectivity index (χ1n) is 11.7. The number of benzene rings is 2. The van der Waals surface area contributed by atoms with Gasteiger partial charge in [0.05, 0.1) is 0 Å². The van der Waals surface area contributed by atoms with Crippen molar-refractivity contribution in [2.24, 2.45) is 0 Å². The molecule has 2 aromatic rings. The molecule has 10 saturated heterocycles. The summed E-state index contributed by atoms with van der Waals surface area (Å²) in [5.74, 6) is 0. The Bertz CT molecular complexity index is 1520. The van der Waals surface area contributed by atoms with Crippen LogP contribution in [0.15, 0.2) is 48.5 Å². The third kappa shape index (κ3) is 0.234. The van der Waals surface area contributed by atoms with Crippen LogP contribution in [0.1, 0.15) is 11.1 Å². The van der Waals surface area contributed by atoms with Gasteiger partial charge in [0, 0.05) is 0 Å². The van der Waals surface area contributed by atoms with Gasteiger partial charge in [0.2, 0.25) is 0 Å². The first-order chi connectivity index (χ1) is 14.0. The van der Waals surface area contributed by atoms with Gasteiger partial charge in [-0.3, -0.25) is 0 Å². The van der Waals surface area contributed by atoms with Crippen molar-refractivity contribution in [2.45, 2.75) is 60.0 Å². The van der Waals surface area contributed by atoms with Gasteiger partial charge in [-0.25, -0.2) is 0 Å². The first kappa shape index (κ1) is 13.1. The molecule has 1 spiro atoms. The van der Waals surface area contributed by atoms with E-state index in [9.17, 15) is 0 Å². The van der Waals surface area contributed by atoms with E-state index in [1.54, 1.807) is 11.1 Å². The molecule has 2 aromatic carbocycles. The van der Waals surface area contributed by atoms with Gasteiger partial charge in [0.15, 0.2) is 0 Å². The van der Waals surface area contributed by atoms with E-state index in [2.05, 4.69) is 73.3 Å². The number of anilines is 2. The molecular weight excluding hydrogens is 396 g/mol. The molecule has 0 aliphatic carbocycles. The number of fused-ring (bicyclic) bond motifs is 10. The Morgan fingerprint density at radius 2 is 1.07 bits per heavy atom. The van der Waals surface area contributed by atoms with E-state index in [-0.39, 0.29) is 0 Å². The molecule has 4 unspecified atom stereocenters. The molecule has 10 aliphatic heterocycles. The molecule has 12 rings (SSSR count). The van der Waals surface area contributed by atoms with Crippen molar-refractivity contribution in [3.05, 3.63) is 59.7 Å². The van der Waals surface area contributed by atoms with E-state index in [1.807, 2.05) is 0 Å². The molecule has 0 radical (unpaired) electrons. The Labute approximate surface area is 162 Å². The zero-order valence-electron chi connectivity index (χ0n) is 17.0. The minimum absolute atomic E-state index is 0.861. The zero-order valence-corrected chi connectivity index (χ0v) is 18.1. The Balaban J connectivity index is 1.17. The molecule has 2 nitrogen and oxygen atoms in total. The van der Waals surface area contributed by atoms with Crippen LogP contribution < -0.4 is 10.6 Å². The fourth-order valence-electron chi connectivity index (χ4n) is 20.9. The SMILES string of the molecule is CNc1ccccc1C[C]12[CH]3[CH]4[CH]5[C]1(Cc1ccccc1NC)[Fe]43521678[CH]2[CH]1[CH]6[CH]7[CH]28. The van der Waals surface area contributed by atoms with Crippen molar-refractivity contribution in [2.75, 3.05) is 24.7 Å². The van der Waals surface area contributed by atoms with Crippen LogP contribution in [-0.4, -0.2) is 14.1 Å². The topological polar surface area (TPSA) is 24.1 Å². The summed E-state index contributed by atoms with van der Waals surface area (Å²) in [6.45, 7) is -3.37. The van der Waals surface area contributed by atoms with Crippen molar-refractivity contribution in [1.82, 2.24) is 0 Å². The molecule has 10 fully saturated rings. The molecule has 0 amide bonds. The Morgan fingerprint density at radius 1 is 0.655 bits per heavy atom. The summed E-state index contributed by atoms with van der Waals surface area (Å²) in [7, 11) is 4.24. The maximum absolute atomic E-state index is 3.54. The van der Waals surface area contributed by atoms with E-state index in [4.69, 9.17) is 0 Å². The van der Waals surface area contributed by atoms with Gasteiger partial charge < -0.3 is 0 Å². The van der Waals surface area contributed by atoms with E-state index in [0.717, 1.165) is 8.63 Å². The summed E-state index contributed by atoms with van der Waals surface area (Å²) < 4.78 is 1.72. The van der Waals surface area contributed by atoms with Crippen LogP contribution in [0.5, 0.6) is 0 Å². The molecule has 150 valence electrons. The molecule has 2 N–H and O–H groups in total. The standard InChI is InChI=1S/C21H23N2.C5H5.Fe/c1-22-20-12-5-3-8-18(20)14-16-10-7-11-17(16)15-19-9-4-6-13-21(19)23-2;1-2-4-5-3-1;/h3-13,22-23H,14-15H2,1-2H3;1-5H;. The molecule has 10 aliphatic rings. The van der Waals surface area contributed by atoms with Gasteiger partial charge in [-0.1, -0.05) is 0 Å². The number of rotatable bonds is 6. The van der Waals surface area contributed by atoms with Crippen LogP contribution in [0, 0.1) is 0 Å². The fraction of sp³-hybridized carbons (Fsp3) is 0.538. The van der Waals surface area contributed by atoms with Crippen LogP contribution in [0.2, 0.25) is 47.2 Å². The van der Waals surface area contributed by atoms with Crippen molar-refractivity contribution < 1.29 is 6.51 Å². The Kier molecular flexibility index (Phi) is 0.729. The van der Waals surface area contributed by atoms with Gasteiger partial charge in [0.1, 0.15) is 0 Å². The second-order valence-electron chi connectivity index (χ2n) is 14.2. The van der Waals surface area contributed by atoms with Crippen LogP contribution >= 0.6 is 0 Å². The van der Waals surface area contributed by atoms with Crippen LogP contribution in [0.4, 0.5) is 11.4 Å². The molecule has 0 bridgehead atoms. The van der Waals surface area contributed by atoms with Gasteiger partial charge in [-0.05, 0) is 0 Å². The van der Waals surface area contributed by atoms with Gasteiger partial charge in [0.25, 0.3) is 0 Å². The molecule has 0 aromatic heterocycles. The van der Waals surface area contributed by atoms with Crippen molar-refractivity contribution in [3.8, 4) is 0 Å². The number of hydrogen-bond acceptors (Lipinski definition) is 2. The van der Waals surface area contributed by atoms with Crippen molar-refractivity contribution in [1.29, 1.82) is 0 Å². The molecule has 29 heavy (non-hydrogen) atoms. The monoisotopic (exact) mass is 424 g/mol. The summed E-state index contributed by atoms with van der Waals surface area (Å²) in [6, 6.07) is 18.6. The fourth-order valence-corrected chi connectivity index (χ4v) is 98.3. The van der Waals surface area contributed by atoms with E-state index in [1.165, 1.54) is 62.7 Å². The Hall–Kier alpha value is -1.44.